The van der Waals surface area contributed by atoms with Gasteiger partial charge in [-0.05, 0) is 38.2 Å². The Balaban J connectivity index is 1.87. The predicted molar refractivity (Wildman–Crippen MR) is 139 cm³/mol. The first-order valence-electron chi connectivity index (χ1n) is 13.1. The van der Waals surface area contributed by atoms with Crippen molar-refractivity contribution in [1.29, 1.82) is 0 Å². The first-order valence-corrected chi connectivity index (χ1v) is 14.0. The van der Waals surface area contributed by atoms with Gasteiger partial charge in [-0.25, -0.2) is 9.37 Å². The first kappa shape index (κ1) is 29.8. The Morgan fingerprint density at radius 3 is 2.65 bits per heavy atom. The average Bonchev–Trinajstić information content (AvgIpc) is 3.24. The van der Waals surface area contributed by atoms with Crippen molar-refractivity contribution in [3.8, 4) is 0 Å². The largest absolute Gasteiger partial charge is 0.455 e. The van der Waals surface area contributed by atoms with Gasteiger partial charge in [-0.2, -0.15) is 0 Å². The van der Waals surface area contributed by atoms with Crippen LogP contribution in [0.1, 0.15) is 83.8 Å². The molecule has 3 heterocycles. The number of fused-ring (bicyclic) bond motifs is 1. The molecule has 3 rings (SSSR count). The molecule has 2 aliphatic heterocycles. The Morgan fingerprint density at radius 2 is 2.03 bits per heavy atom. The number of nitrogens with two attached hydrogens (primary N) is 1. The fraction of sp³-hybridized carbons (Fsp3) is 0.741. The highest BCUT2D eigenvalue weighted by Crippen LogP contribution is 2.45. The number of Topliss-reactive ketones (excluding diaryl/α,β-unsaturated/α-hetero) is 1. The number of nitrogens with zero attached hydrogens (tertiary/aromatic N) is 1. The van der Waals surface area contributed by atoms with Gasteiger partial charge in [0.2, 0.25) is 0 Å². The van der Waals surface area contributed by atoms with Gasteiger partial charge in [0.05, 0.1) is 41.4 Å². The molecule has 0 aliphatic carbocycles. The topological polar surface area (TPSA) is 135 Å². The monoisotopic (exact) mass is 540 g/mol. The van der Waals surface area contributed by atoms with Gasteiger partial charge >= 0.3 is 5.97 Å². The maximum Gasteiger partial charge on any atom is 0.309 e. The zero-order valence-electron chi connectivity index (χ0n) is 22.4. The smallest absolute Gasteiger partial charge is 0.309 e. The fourth-order valence-electron chi connectivity index (χ4n) is 5.13. The average molecular weight is 541 g/mol. The third-order valence-corrected chi connectivity index (χ3v) is 8.90. The number of aromatic nitrogens is 1. The number of aliphatic hydroxyl groups excluding tert-OH is 2. The molecule has 0 bridgehead atoms. The van der Waals surface area contributed by atoms with Crippen LogP contribution in [0, 0.1) is 17.3 Å². The summed E-state index contributed by atoms with van der Waals surface area (Å²) in [7, 11) is 0. The summed E-state index contributed by atoms with van der Waals surface area (Å²) in [5.74, 6) is -2.60. The lowest BCUT2D eigenvalue weighted by Gasteiger charge is -2.35. The normalized spacial score (nSPS) is 36.1. The second-order valence-electron chi connectivity index (χ2n) is 11.2. The molecule has 0 saturated carbocycles. The quantitative estimate of drug-likeness (QED) is 0.386. The van der Waals surface area contributed by atoms with Gasteiger partial charge in [-0.3, -0.25) is 9.59 Å². The number of cyclic esters (lactones) is 1. The van der Waals surface area contributed by atoms with E-state index in [-0.39, 0.29) is 30.8 Å². The summed E-state index contributed by atoms with van der Waals surface area (Å²) in [6.07, 6.45) is -0.330. The van der Waals surface area contributed by atoms with E-state index in [1.54, 1.807) is 19.2 Å². The second kappa shape index (κ2) is 12.0. The van der Waals surface area contributed by atoms with E-state index in [9.17, 15) is 19.8 Å². The molecule has 0 spiro atoms. The Bertz CT molecular complexity index is 997. The van der Waals surface area contributed by atoms with E-state index in [0.29, 0.717) is 30.0 Å². The van der Waals surface area contributed by atoms with Crippen molar-refractivity contribution >= 4 is 29.2 Å². The summed E-state index contributed by atoms with van der Waals surface area (Å²) < 4.78 is 26.8. The van der Waals surface area contributed by atoms with Crippen molar-refractivity contribution in [2.45, 2.75) is 110 Å². The van der Waals surface area contributed by atoms with E-state index < -0.39 is 53.5 Å². The number of esters is 1. The van der Waals surface area contributed by atoms with Crippen LogP contribution in [0.5, 0.6) is 0 Å². The SMILES string of the molecule is CC[C@H]1C(=O)C(C)(C)[C@@H](O)CC(=O)O[C@H](C(F)=Cc2csc(CN)n2)C[C@@H]2O[C@]2(C)CCC[C@H](C)[C@@H]1O. The lowest BCUT2D eigenvalue weighted by Crippen LogP contribution is -2.46. The zero-order chi connectivity index (χ0) is 27.5. The Hall–Kier alpha value is -1.72. The van der Waals surface area contributed by atoms with Gasteiger partial charge in [-0.15, -0.1) is 11.3 Å². The second-order valence-corrected chi connectivity index (χ2v) is 12.2. The van der Waals surface area contributed by atoms with Crippen molar-refractivity contribution in [3.63, 3.8) is 0 Å². The van der Waals surface area contributed by atoms with Crippen molar-refractivity contribution in [2.24, 2.45) is 23.0 Å². The molecule has 2 fully saturated rings. The Kier molecular flexibility index (Phi) is 9.66. The molecular formula is C27H41FN2O6S. The number of hydrogen-bond donors (Lipinski definition) is 3. The lowest BCUT2D eigenvalue weighted by molar-refractivity contribution is -0.155. The van der Waals surface area contributed by atoms with Crippen LogP contribution < -0.4 is 5.73 Å². The van der Waals surface area contributed by atoms with E-state index in [4.69, 9.17) is 15.2 Å². The standard InChI is InChI=1S/C27H41FN2O6S/c1-6-17-24(33)15(2)8-7-9-27(5)21(36-27)11-19(18(28)10-16-14-37-22(13-29)30-16)35-23(32)12-20(31)26(3,4)25(17)34/h10,14-15,17,19-21,24,31,33H,6-9,11-13,29H2,1-5H3/t15-,17+,19-,20-,21-,24-,27+/m0/s1. The molecule has 10 heteroatoms. The van der Waals surface area contributed by atoms with Crippen molar-refractivity contribution in [3.05, 3.63) is 21.9 Å². The highest BCUT2D eigenvalue weighted by molar-refractivity contribution is 7.09. The number of halogens is 1. The van der Waals surface area contributed by atoms with Crippen molar-refractivity contribution in [2.75, 3.05) is 0 Å². The zero-order valence-corrected chi connectivity index (χ0v) is 23.2. The van der Waals surface area contributed by atoms with Gasteiger partial charge < -0.3 is 25.4 Å². The van der Waals surface area contributed by atoms with Crippen LogP contribution in [0.2, 0.25) is 0 Å². The fourth-order valence-corrected chi connectivity index (χ4v) is 5.76. The minimum atomic E-state index is -1.36. The minimum Gasteiger partial charge on any atom is -0.455 e. The number of rotatable bonds is 4. The van der Waals surface area contributed by atoms with Crippen LogP contribution in [-0.4, -0.2) is 57.0 Å². The molecule has 4 N–H and O–H groups in total. The van der Waals surface area contributed by atoms with E-state index in [1.807, 2.05) is 20.8 Å². The highest BCUT2D eigenvalue weighted by atomic mass is 32.1. The molecule has 208 valence electrons. The number of thiazole rings is 1. The van der Waals surface area contributed by atoms with Crippen LogP contribution in [-0.2, 0) is 25.6 Å². The van der Waals surface area contributed by atoms with E-state index in [0.717, 1.165) is 6.42 Å². The Morgan fingerprint density at radius 1 is 1.32 bits per heavy atom. The summed E-state index contributed by atoms with van der Waals surface area (Å²) >= 11 is 1.31. The number of ketones is 1. The maximum atomic E-state index is 15.4. The van der Waals surface area contributed by atoms with Crippen LogP contribution >= 0.6 is 11.3 Å². The summed E-state index contributed by atoms with van der Waals surface area (Å²) in [5.41, 5.74) is 4.19. The molecule has 1 aromatic rings. The van der Waals surface area contributed by atoms with Gasteiger partial charge in [0.1, 0.15) is 16.6 Å². The highest BCUT2D eigenvalue weighted by Gasteiger charge is 2.53. The van der Waals surface area contributed by atoms with Crippen molar-refractivity contribution < 1.29 is 33.7 Å². The molecule has 7 atom stereocenters. The molecule has 0 unspecified atom stereocenters. The van der Waals surface area contributed by atoms with Gasteiger partial charge in [0.15, 0.2) is 6.10 Å². The summed E-state index contributed by atoms with van der Waals surface area (Å²) in [4.78, 5) is 30.5. The van der Waals surface area contributed by atoms with Crippen LogP contribution in [0.4, 0.5) is 4.39 Å². The van der Waals surface area contributed by atoms with Gasteiger partial charge in [-0.1, -0.05) is 34.1 Å². The molecule has 0 aromatic carbocycles. The first-order chi connectivity index (χ1) is 17.3. The van der Waals surface area contributed by atoms with E-state index >= 15 is 4.39 Å². The number of carbonyl (C=O) groups excluding carboxylic acids is 2. The number of ether oxygens (including phenoxy) is 2. The molecule has 37 heavy (non-hydrogen) atoms. The molecular weight excluding hydrogens is 499 g/mol. The third kappa shape index (κ3) is 7.03. The maximum absolute atomic E-state index is 15.4. The van der Waals surface area contributed by atoms with Crippen LogP contribution in [0.3, 0.4) is 0 Å². The number of aliphatic hydroxyl groups is 2. The molecule has 8 nitrogen and oxygen atoms in total. The van der Waals surface area contributed by atoms with E-state index in [2.05, 4.69) is 4.98 Å². The van der Waals surface area contributed by atoms with E-state index in [1.165, 1.54) is 17.4 Å². The molecule has 0 amide bonds. The minimum absolute atomic E-state index is 0.118. The molecule has 1 aromatic heterocycles. The number of epoxide rings is 1. The summed E-state index contributed by atoms with van der Waals surface area (Å²) in [5, 5.41) is 24.2. The lowest BCUT2D eigenvalue weighted by atomic mass is 9.71. The predicted octanol–water partition coefficient (Wildman–Crippen LogP) is 3.93. The van der Waals surface area contributed by atoms with Crippen LogP contribution in [0.15, 0.2) is 11.2 Å². The molecule has 2 saturated heterocycles. The van der Waals surface area contributed by atoms with Gasteiger partial charge in [0, 0.05) is 24.3 Å². The Labute approximate surface area is 222 Å². The van der Waals surface area contributed by atoms with Gasteiger partial charge in [0.25, 0.3) is 0 Å². The summed E-state index contributed by atoms with van der Waals surface area (Å²) in [6.45, 7) is 9.07. The van der Waals surface area contributed by atoms with Crippen LogP contribution in [0.25, 0.3) is 6.08 Å². The molecule has 0 radical (unpaired) electrons. The third-order valence-electron chi connectivity index (χ3n) is 8.01. The number of carbonyl (C=O) groups is 2. The molecule has 2 aliphatic rings. The number of hydrogen-bond acceptors (Lipinski definition) is 9. The summed E-state index contributed by atoms with van der Waals surface area (Å²) in [6, 6.07) is 0. The van der Waals surface area contributed by atoms with Crippen molar-refractivity contribution in [1.82, 2.24) is 4.98 Å².